The molecule has 1 aliphatic heterocycles. The van der Waals surface area contributed by atoms with Gasteiger partial charge >= 0.3 is 0 Å². The maximum atomic E-state index is 13.8. The summed E-state index contributed by atoms with van der Waals surface area (Å²) in [5.41, 5.74) is 1.39. The molecule has 0 unspecified atom stereocenters. The van der Waals surface area contributed by atoms with Crippen LogP contribution in [0.15, 0.2) is 83.7 Å². The molecule has 2 bridgehead atoms. The van der Waals surface area contributed by atoms with Gasteiger partial charge in [0.2, 0.25) is 11.8 Å². The Bertz CT molecular complexity index is 2060. The molecule has 1 atom stereocenters. The van der Waals surface area contributed by atoms with Gasteiger partial charge in [0.25, 0.3) is 11.5 Å². The summed E-state index contributed by atoms with van der Waals surface area (Å²) in [6.07, 6.45) is 0. The second-order valence-corrected chi connectivity index (χ2v) is 12.2. The lowest BCUT2D eigenvalue weighted by Crippen LogP contribution is -2.47. The van der Waals surface area contributed by atoms with Crippen LogP contribution in [0.4, 0.5) is 0 Å². The molecule has 0 radical (unpaired) electrons. The molecule has 6 rings (SSSR count). The van der Waals surface area contributed by atoms with E-state index in [0.717, 1.165) is 10.2 Å². The van der Waals surface area contributed by atoms with Crippen molar-refractivity contribution in [2.45, 2.75) is 39.9 Å². The number of nitrogens with one attached hydrogen (secondary N) is 2. The van der Waals surface area contributed by atoms with E-state index in [1.54, 1.807) is 48.0 Å². The number of carbonyl (C=O) groups is 3. The Morgan fingerprint density at radius 2 is 1.65 bits per heavy atom. The van der Waals surface area contributed by atoms with Crippen molar-refractivity contribution < 1.29 is 19.1 Å². The van der Waals surface area contributed by atoms with Gasteiger partial charge in [-0.1, -0.05) is 68.4 Å². The van der Waals surface area contributed by atoms with E-state index in [1.807, 2.05) is 56.3 Å². The Morgan fingerprint density at radius 3 is 2.43 bits per heavy atom. The van der Waals surface area contributed by atoms with Gasteiger partial charge in [0.05, 0.1) is 30.2 Å². The molecule has 2 N–H and O–H groups in total. The zero-order chi connectivity index (χ0) is 34.5. The van der Waals surface area contributed by atoms with E-state index >= 15 is 0 Å². The van der Waals surface area contributed by atoms with Crippen LogP contribution in [0.25, 0.3) is 22.2 Å². The first-order valence-electron chi connectivity index (χ1n) is 16.2. The van der Waals surface area contributed by atoms with Crippen molar-refractivity contribution in [2.24, 2.45) is 5.92 Å². The summed E-state index contributed by atoms with van der Waals surface area (Å²) in [4.78, 5) is 60.0. The molecule has 2 aromatic heterocycles. The minimum atomic E-state index is -0.555. The molecule has 49 heavy (non-hydrogen) atoms. The number of nitrogens with zero attached hydrogens (tertiary/aromatic N) is 6. The summed E-state index contributed by atoms with van der Waals surface area (Å²) in [6.45, 7) is 5.63. The molecule has 3 amide bonds. The molecule has 0 aliphatic carbocycles. The summed E-state index contributed by atoms with van der Waals surface area (Å²) in [5.74, 6) is 0.164. The Balaban J connectivity index is 1.33. The zero-order valence-electron chi connectivity index (χ0n) is 27.6. The molecule has 13 nitrogen and oxygen atoms in total. The number of benzene rings is 3. The van der Waals surface area contributed by atoms with E-state index < -0.39 is 23.4 Å². The van der Waals surface area contributed by atoms with Gasteiger partial charge in [-0.25, -0.2) is 14.3 Å². The molecule has 0 fully saturated rings. The van der Waals surface area contributed by atoms with Gasteiger partial charge < -0.3 is 20.3 Å². The number of amides is 3. The Labute approximate surface area is 282 Å². The number of ether oxygens (including phenoxy) is 1. The minimum absolute atomic E-state index is 0.0101. The fourth-order valence-electron chi connectivity index (χ4n) is 5.80. The molecular formula is C36H38N8O5. The standard InChI is InChI=1S/C36H38N8O5/c1-23(2)32-34-39-33(25-10-5-4-6-11-25)41-43(34)18-19-49-27-13-9-12-26(20-27)35(47)37-16-17-42(21-30(45)38-32)31(46)22-44-36(48)29-15-8-7-14-28(29)24(3)40-44/h4-15,20,23,32H,16-19,21-22H2,1-3H3,(H,37,47)(H,38,45)/t32-/m0/s1. The summed E-state index contributed by atoms with van der Waals surface area (Å²) in [7, 11) is 0. The minimum Gasteiger partial charge on any atom is -0.492 e. The quantitative estimate of drug-likeness (QED) is 0.298. The fourth-order valence-corrected chi connectivity index (χ4v) is 5.80. The SMILES string of the molecule is Cc1nn(CC(=O)N2CCNC(=O)c3cccc(c3)OCCn3nc(-c4ccccc4)nc3[C@H](C(C)C)NC(=O)C2)c(=O)c2ccccc12. The maximum absolute atomic E-state index is 13.8. The van der Waals surface area contributed by atoms with Crippen LogP contribution in [0.5, 0.6) is 5.75 Å². The van der Waals surface area contributed by atoms with Crippen LogP contribution in [0.3, 0.4) is 0 Å². The van der Waals surface area contributed by atoms with Crippen molar-refractivity contribution in [3.8, 4) is 17.1 Å². The van der Waals surface area contributed by atoms with Gasteiger partial charge in [-0.3, -0.25) is 19.2 Å². The van der Waals surface area contributed by atoms with Gasteiger partial charge in [-0.2, -0.15) is 10.2 Å². The van der Waals surface area contributed by atoms with Crippen molar-refractivity contribution in [1.29, 1.82) is 0 Å². The predicted octanol–water partition coefficient (Wildman–Crippen LogP) is 3.13. The highest BCUT2D eigenvalue weighted by Crippen LogP contribution is 2.24. The van der Waals surface area contributed by atoms with Crippen molar-refractivity contribution in [1.82, 2.24) is 40.1 Å². The van der Waals surface area contributed by atoms with E-state index in [0.29, 0.717) is 46.0 Å². The number of aromatic nitrogens is 5. The average Bonchev–Trinajstić information content (AvgIpc) is 3.52. The number of hydrogen-bond donors (Lipinski definition) is 2. The van der Waals surface area contributed by atoms with Crippen molar-refractivity contribution >= 4 is 28.5 Å². The zero-order valence-corrected chi connectivity index (χ0v) is 27.6. The van der Waals surface area contributed by atoms with Crippen LogP contribution in [-0.2, 0) is 22.7 Å². The van der Waals surface area contributed by atoms with Crippen LogP contribution in [-0.4, -0.2) is 73.4 Å². The highest BCUT2D eigenvalue weighted by molar-refractivity contribution is 5.94. The second-order valence-electron chi connectivity index (χ2n) is 12.2. The highest BCUT2D eigenvalue weighted by atomic mass is 16.5. The first-order valence-corrected chi connectivity index (χ1v) is 16.2. The number of hydrogen-bond acceptors (Lipinski definition) is 8. The summed E-state index contributed by atoms with van der Waals surface area (Å²) in [6, 6.07) is 22.9. The molecule has 0 spiro atoms. The van der Waals surface area contributed by atoms with E-state index in [-0.39, 0.29) is 44.6 Å². The molecule has 252 valence electrons. The second kappa shape index (κ2) is 14.5. The monoisotopic (exact) mass is 662 g/mol. The van der Waals surface area contributed by atoms with Crippen molar-refractivity contribution in [3.05, 3.63) is 106 Å². The summed E-state index contributed by atoms with van der Waals surface area (Å²) in [5, 5.41) is 16.2. The fraction of sp³-hybridized carbons (Fsp3) is 0.306. The molecule has 5 aromatic rings. The first-order chi connectivity index (χ1) is 23.7. The van der Waals surface area contributed by atoms with Gasteiger partial charge in [0.1, 0.15) is 18.9 Å². The molecule has 3 aromatic carbocycles. The third-order valence-electron chi connectivity index (χ3n) is 8.35. The lowest BCUT2D eigenvalue weighted by molar-refractivity contribution is -0.137. The normalized spacial score (nSPS) is 16.0. The van der Waals surface area contributed by atoms with Crippen molar-refractivity contribution in [3.63, 3.8) is 0 Å². The summed E-state index contributed by atoms with van der Waals surface area (Å²) < 4.78 is 8.86. The maximum Gasteiger partial charge on any atom is 0.275 e. The van der Waals surface area contributed by atoms with Crippen LogP contribution in [0.1, 0.15) is 41.8 Å². The molecular weight excluding hydrogens is 624 g/mol. The Kier molecular flexibility index (Phi) is 9.79. The lowest BCUT2D eigenvalue weighted by atomic mass is 10.0. The Morgan fingerprint density at radius 1 is 0.918 bits per heavy atom. The third kappa shape index (κ3) is 7.51. The van der Waals surface area contributed by atoms with Gasteiger partial charge in [-0.15, -0.1) is 0 Å². The first kappa shape index (κ1) is 33.1. The molecule has 13 heteroatoms. The van der Waals surface area contributed by atoms with E-state index in [1.165, 1.54) is 4.90 Å². The van der Waals surface area contributed by atoms with Gasteiger partial charge in [0.15, 0.2) is 11.6 Å². The number of aryl methyl sites for hydroxylation is 1. The number of carbonyl (C=O) groups excluding carboxylic acids is 3. The van der Waals surface area contributed by atoms with Gasteiger partial charge in [-0.05, 0) is 37.1 Å². The molecule has 3 heterocycles. The van der Waals surface area contributed by atoms with Crippen LogP contribution < -0.4 is 20.9 Å². The molecule has 1 aliphatic rings. The van der Waals surface area contributed by atoms with Crippen LogP contribution >= 0.6 is 0 Å². The highest BCUT2D eigenvalue weighted by Gasteiger charge is 2.28. The topological polar surface area (TPSA) is 153 Å². The molecule has 0 saturated heterocycles. The average molecular weight is 663 g/mol. The number of fused-ring (bicyclic) bond motifs is 4. The number of rotatable bonds is 4. The van der Waals surface area contributed by atoms with E-state index in [2.05, 4.69) is 15.7 Å². The van der Waals surface area contributed by atoms with Crippen LogP contribution in [0, 0.1) is 12.8 Å². The third-order valence-corrected chi connectivity index (χ3v) is 8.35. The smallest absolute Gasteiger partial charge is 0.275 e. The largest absolute Gasteiger partial charge is 0.492 e. The van der Waals surface area contributed by atoms with E-state index in [9.17, 15) is 19.2 Å². The lowest BCUT2D eigenvalue weighted by Gasteiger charge is -2.26. The predicted molar refractivity (Wildman–Crippen MR) is 183 cm³/mol. The van der Waals surface area contributed by atoms with Crippen molar-refractivity contribution in [2.75, 3.05) is 26.2 Å². The summed E-state index contributed by atoms with van der Waals surface area (Å²) >= 11 is 0. The Hall–Kier alpha value is -5.85. The molecule has 0 saturated carbocycles. The van der Waals surface area contributed by atoms with Gasteiger partial charge in [0, 0.05) is 29.6 Å². The van der Waals surface area contributed by atoms with Crippen LogP contribution in [0.2, 0.25) is 0 Å². The van der Waals surface area contributed by atoms with E-state index in [4.69, 9.17) is 14.8 Å².